The Bertz CT molecular complexity index is 377. The molecule has 2 rings (SSSR count). The second-order valence-electron chi connectivity index (χ2n) is 5.28. The van der Waals surface area contributed by atoms with Crippen LogP contribution in [0.1, 0.15) is 38.7 Å². The van der Waals surface area contributed by atoms with E-state index in [1.165, 1.54) is 24.8 Å². The lowest BCUT2D eigenvalue weighted by atomic mass is 9.73. The topological polar surface area (TPSA) is 21.3 Å². The molecule has 2 unspecified atom stereocenters. The Morgan fingerprint density at radius 3 is 2.94 bits per heavy atom. The predicted octanol–water partition coefficient (Wildman–Crippen LogP) is 3.11. The molecular weight excluding hydrogens is 210 g/mol. The molecule has 1 saturated heterocycles. The minimum Gasteiger partial charge on any atom is -0.497 e. The summed E-state index contributed by atoms with van der Waals surface area (Å²) in [4.78, 5) is 0. The van der Waals surface area contributed by atoms with E-state index in [4.69, 9.17) is 4.74 Å². The molecule has 1 aromatic rings. The molecule has 2 heteroatoms. The van der Waals surface area contributed by atoms with Crippen molar-refractivity contribution in [3.05, 3.63) is 29.8 Å². The zero-order chi connectivity index (χ0) is 12.3. The van der Waals surface area contributed by atoms with E-state index < -0.39 is 0 Å². The van der Waals surface area contributed by atoms with Crippen LogP contribution in [0.5, 0.6) is 5.75 Å². The fourth-order valence-corrected chi connectivity index (χ4v) is 2.75. The van der Waals surface area contributed by atoms with Crippen LogP contribution in [0, 0.1) is 0 Å². The van der Waals surface area contributed by atoms with Crippen molar-refractivity contribution < 1.29 is 4.74 Å². The van der Waals surface area contributed by atoms with E-state index in [-0.39, 0.29) is 5.41 Å². The van der Waals surface area contributed by atoms with Crippen molar-refractivity contribution >= 4 is 0 Å². The summed E-state index contributed by atoms with van der Waals surface area (Å²) in [5.74, 6) is 0.958. The first-order chi connectivity index (χ1) is 8.16. The molecule has 0 radical (unpaired) electrons. The average Bonchev–Trinajstić information content (AvgIpc) is 2.53. The maximum atomic E-state index is 5.34. The molecule has 1 aromatic carbocycles. The minimum absolute atomic E-state index is 0.213. The van der Waals surface area contributed by atoms with E-state index in [0.717, 1.165) is 12.3 Å². The Kier molecular flexibility index (Phi) is 3.72. The van der Waals surface area contributed by atoms with Crippen LogP contribution in [0.4, 0.5) is 0 Å². The van der Waals surface area contributed by atoms with Crippen molar-refractivity contribution in [2.75, 3.05) is 13.7 Å². The highest BCUT2D eigenvalue weighted by Gasteiger charge is 2.34. The maximum absolute atomic E-state index is 5.34. The predicted molar refractivity (Wildman–Crippen MR) is 71.7 cm³/mol. The van der Waals surface area contributed by atoms with Crippen molar-refractivity contribution in [1.82, 2.24) is 5.32 Å². The molecule has 0 aromatic heterocycles. The lowest BCUT2D eigenvalue weighted by molar-refractivity contribution is 0.337. The number of ether oxygens (including phenoxy) is 1. The van der Waals surface area contributed by atoms with Crippen LogP contribution in [-0.2, 0) is 5.41 Å². The van der Waals surface area contributed by atoms with Gasteiger partial charge in [0.1, 0.15) is 5.75 Å². The Balaban J connectivity index is 2.33. The number of benzene rings is 1. The van der Waals surface area contributed by atoms with Gasteiger partial charge in [0.05, 0.1) is 7.11 Å². The van der Waals surface area contributed by atoms with Crippen LogP contribution in [0.2, 0.25) is 0 Å². The summed E-state index contributed by atoms with van der Waals surface area (Å²) in [5.41, 5.74) is 1.60. The van der Waals surface area contributed by atoms with Crippen LogP contribution in [-0.4, -0.2) is 19.7 Å². The Morgan fingerprint density at radius 2 is 2.18 bits per heavy atom. The van der Waals surface area contributed by atoms with E-state index >= 15 is 0 Å². The van der Waals surface area contributed by atoms with Gasteiger partial charge in [0.15, 0.2) is 0 Å². The average molecular weight is 233 g/mol. The summed E-state index contributed by atoms with van der Waals surface area (Å²) in [7, 11) is 1.73. The molecule has 2 nitrogen and oxygen atoms in total. The van der Waals surface area contributed by atoms with Gasteiger partial charge >= 0.3 is 0 Å². The first-order valence-corrected chi connectivity index (χ1v) is 6.55. The summed E-state index contributed by atoms with van der Waals surface area (Å²) >= 11 is 0. The van der Waals surface area contributed by atoms with Crippen LogP contribution in [0.3, 0.4) is 0 Å². The van der Waals surface area contributed by atoms with Gasteiger partial charge < -0.3 is 10.1 Å². The zero-order valence-corrected chi connectivity index (χ0v) is 11.1. The van der Waals surface area contributed by atoms with Crippen LogP contribution >= 0.6 is 0 Å². The molecule has 0 aliphatic carbocycles. The van der Waals surface area contributed by atoms with Gasteiger partial charge in [-0.1, -0.05) is 25.5 Å². The molecule has 2 atom stereocenters. The highest BCUT2D eigenvalue weighted by molar-refractivity contribution is 5.34. The van der Waals surface area contributed by atoms with E-state index in [2.05, 4.69) is 37.4 Å². The first-order valence-electron chi connectivity index (χ1n) is 6.55. The normalized spacial score (nSPS) is 29.7. The summed E-state index contributed by atoms with van der Waals surface area (Å²) < 4.78 is 5.34. The summed E-state index contributed by atoms with van der Waals surface area (Å²) in [6, 6.07) is 9.03. The zero-order valence-electron chi connectivity index (χ0n) is 11.1. The third kappa shape index (κ3) is 2.47. The third-order valence-corrected chi connectivity index (χ3v) is 4.26. The van der Waals surface area contributed by atoms with Crippen molar-refractivity contribution in [1.29, 1.82) is 0 Å². The van der Waals surface area contributed by atoms with E-state index in [1.54, 1.807) is 7.11 Å². The third-order valence-electron chi connectivity index (χ3n) is 4.26. The van der Waals surface area contributed by atoms with Crippen molar-refractivity contribution in [3.8, 4) is 5.75 Å². The molecular formula is C15H23NO. The fraction of sp³-hybridized carbons (Fsp3) is 0.600. The summed E-state index contributed by atoms with van der Waals surface area (Å²) in [5, 5.41) is 3.63. The molecule has 17 heavy (non-hydrogen) atoms. The highest BCUT2D eigenvalue weighted by atomic mass is 16.5. The lowest BCUT2D eigenvalue weighted by Crippen LogP contribution is -2.43. The Morgan fingerprint density at radius 1 is 1.35 bits per heavy atom. The molecule has 1 fully saturated rings. The smallest absolute Gasteiger partial charge is 0.119 e. The van der Waals surface area contributed by atoms with Crippen molar-refractivity contribution in [2.24, 2.45) is 0 Å². The number of rotatable bonds is 2. The molecule has 1 N–H and O–H groups in total. The number of methoxy groups -OCH3 is 1. The Labute approximate surface area is 104 Å². The number of hydrogen-bond acceptors (Lipinski definition) is 2. The SMILES string of the molecule is COc1cccc(C2(C)CCCCNC2C)c1. The number of nitrogens with one attached hydrogen (secondary N) is 1. The molecule has 0 bridgehead atoms. The standard InChI is InChI=1S/C15H23NO/c1-12-15(2,9-4-5-10-16-12)13-7-6-8-14(11-13)17-3/h6-8,11-12,16H,4-5,9-10H2,1-3H3. The van der Waals surface area contributed by atoms with Gasteiger partial charge in [0, 0.05) is 11.5 Å². The number of hydrogen-bond donors (Lipinski definition) is 1. The van der Waals surface area contributed by atoms with Crippen molar-refractivity contribution in [3.63, 3.8) is 0 Å². The minimum atomic E-state index is 0.213. The van der Waals surface area contributed by atoms with E-state index in [0.29, 0.717) is 6.04 Å². The van der Waals surface area contributed by atoms with Gasteiger partial charge in [-0.3, -0.25) is 0 Å². The molecule has 0 amide bonds. The van der Waals surface area contributed by atoms with E-state index in [1.807, 2.05) is 6.07 Å². The Hall–Kier alpha value is -1.02. The summed E-state index contributed by atoms with van der Waals surface area (Å²) in [6.45, 7) is 5.80. The first kappa shape index (κ1) is 12.4. The second kappa shape index (κ2) is 5.09. The van der Waals surface area contributed by atoms with Crippen molar-refractivity contribution in [2.45, 2.75) is 44.6 Å². The molecule has 0 spiro atoms. The second-order valence-corrected chi connectivity index (χ2v) is 5.28. The molecule has 1 aliphatic heterocycles. The summed E-state index contributed by atoms with van der Waals surface area (Å²) in [6.07, 6.45) is 3.82. The highest BCUT2D eigenvalue weighted by Crippen LogP contribution is 2.36. The lowest BCUT2D eigenvalue weighted by Gasteiger charge is -2.35. The maximum Gasteiger partial charge on any atom is 0.119 e. The largest absolute Gasteiger partial charge is 0.497 e. The van der Waals surface area contributed by atoms with Gasteiger partial charge in [-0.05, 0) is 44.0 Å². The van der Waals surface area contributed by atoms with Crippen LogP contribution < -0.4 is 10.1 Å². The quantitative estimate of drug-likeness (QED) is 0.847. The van der Waals surface area contributed by atoms with Crippen LogP contribution in [0.25, 0.3) is 0 Å². The van der Waals surface area contributed by atoms with Gasteiger partial charge in [0.25, 0.3) is 0 Å². The van der Waals surface area contributed by atoms with Gasteiger partial charge in [-0.15, -0.1) is 0 Å². The van der Waals surface area contributed by atoms with Gasteiger partial charge in [-0.25, -0.2) is 0 Å². The van der Waals surface area contributed by atoms with Crippen LogP contribution in [0.15, 0.2) is 24.3 Å². The molecule has 0 saturated carbocycles. The monoisotopic (exact) mass is 233 g/mol. The molecule has 94 valence electrons. The molecule has 1 aliphatic rings. The fourth-order valence-electron chi connectivity index (χ4n) is 2.75. The van der Waals surface area contributed by atoms with Gasteiger partial charge in [0.2, 0.25) is 0 Å². The van der Waals surface area contributed by atoms with E-state index in [9.17, 15) is 0 Å². The van der Waals surface area contributed by atoms with Gasteiger partial charge in [-0.2, -0.15) is 0 Å². The molecule has 1 heterocycles.